The number of rotatable bonds is 9. The number of phenolic OH excluding ortho intramolecular Hbond substituents is 1. The van der Waals surface area contributed by atoms with Gasteiger partial charge in [-0.3, -0.25) is 0 Å². The molecular formula is C35H33F3N2O4. The Morgan fingerprint density at radius 1 is 1.05 bits per heavy atom. The summed E-state index contributed by atoms with van der Waals surface area (Å²) in [5.41, 5.74) is 4.90. The first-order valence-electron chi connectivity index (χ1n) is 13.6. The molecule has 228 valence electrons. The SMILES string of the molecule is C=C/C=C\C1=C(C)C=C(Nc2cc(C(F)(F)F)ccc2/C(C)=C/Nc2cccc(-c3cccc(C(=O)O)c3)c2O)C1.CC=O. The van der Waals surface area contributed by atoms with Crippen LogP contribution in [-0.2, 0) is 11.0 Å². The van der Waals surface area contributed by atoms with Gasteiger partial charge in [-0.1, -0.05) is 55.1 Å². The van der Waals surface area contributed by atoms with Crippen LogP contribution in [0.15, 0.2) is 115 Å². The van der Waals surface area contributed by atoms with Gasteiger partial charge in [-0.15, -0.1) is 0 Å². The van der Waals surface area contributed by atoms with Crippen LogP contribution < -0.4 is 10.6 Å². The Labute approximate surface area is 254 Å². The molecule has 1 aliphatic rings. The second-order valence-electron chi connectivity index (χ2n) is 9.83. The van der Waals surface area contributed by atoms with E-state index < -0.39 is 17.7 Å². The minimum absolute atomic E-state index is 0.0879. The van der Waals surface area contributed by atoms with E-state index in [9.17, 15) is 28.2 Å². The van der Waals surface area contributed by atoms with Gasteiger partial charge in [-0.25, -0.2) is 4.79 Å². The number of para-hydroxylation sites is 1. The highest BCUT2D eigenvalue weighted by molar-refractivity contribution is 5.90. The highest BCUT2D eigenvalue weighted by Gasteiger charge is 2.31. The lowest BCUT2D eigenvalue weighted by Crippen LogP contribution is -2.08. The Bertz CT molecular complexity index is 1680. The van der Waals surface area contributed by atoms with Crippen LogP contribution in [0.3, 0.4) is 0 Å². The summed E-state index contributed by atoms with van der Waals surface area (Å²) in [6.07, 6.45) is 5.70. The van der Waals surface area contributed by atoms with Crippen LogP contribution in [0.1, 0.15) is 48.7 Å². The number of anilines is 2. The number of halogens is 3. The first-order chi connectivity index (χ1) is 20.9. The monoisotopic (exact) mass is 602 g/mol. The standard InChI is InChI=1S/C33H29F3N2O3.C2H4O/c1-4-5-8-22-17-26(15-20(22)2)38-30-18-25(33(34,35)36)13-14-27(30)21(3)19-37-29-12-7-11-28(31(29)39)23-9-6-10-24(16-23)32(40)41;1-2-3/h4-16,18-19,37-39H,1,17H2,2-3H3,(H,40,41);2H,1H3/b8-5-,21-19+;. The number of aromatic hydroxyl groups is 1. The average Bonchev–Trinajstić information content (AvgIpc) is 3.33. The molecule has 6 nitrogen and oxygen atoms in total. The lowest BCUT2D eigenvalue weighted by molar-refractivity contribution is -0.137. The third-order valence-corrected chi connectivity index (χ3v) is 6.68. The van der Waals surface area contributed by atoms with Crippen molar-refractivity contribution in [3.05, 3.63) is 131 Å². The molecule has 3 aromatic rings. The number of aromatic carboxylic acids is 1. The van der Waals surface area contributed by atoms with Gasteiger partial charge in [-0.2, -0.15) is 13.2 Å². The number of carboxylic acid groups (broad SMARTS) is 1. The maximum Gasteiger partial charge on any atom is 0.416 e. The van der Waals surface area contributed by atoms with Crippen LogP contribution in [0.2, 0.25) is 0 Å². The normalized spacial score (nSPS) is 13.2. The van der Waals surface area contributed by atoms with Crippen molar-refractivity contribution in [2.75, 3.05) is 10.6 Å². The second kappa shape index (κ2) is 14.7. The first-order valence-corrected chi connectivity index (χ1v) is 13.6. The molecule has 0 atom stereocenters. The molecule has 0 amide bonds. The Hall–Kier alpha value is -5.31. The van der Waals surface area contributed by atoms with Gasteiger partial charge in [0.15, 0.2) is 0 Å². The number of phenols is 1. The summed E-state index contributed by atoms with van der Waals surface area (Å²) < 4.78 is 40.7. The molecule has 4 rings (SSSR count). The van der Waals surface area contributed by atoms with Gasteiger partial charge in [0.25, 0.3) is 0 Å². The zero-order valence-corrected chi connectivity index (χ0v) is 24.5. The molecule has 0 aromatic heterocycles. The molecule has 1 aliphatic carbocycles. The van der Waals surface area contributed by atoms with E-state index in [1.54, 1.807) is 49.5 Å². The van der Waals surface area contributed by atoms with E-state index in [1.807, 2.05) is 25.2 Å². The molecule has 0 aliphatic heterocycles. The Kier molecular flexibility index (Phi) is 11.1. The third-order valence-electron chi connectivity index (χ3n) is 6.68. The number of carboxylic acids is 1. The number of nitrogens with one attached hydrogen (secondary N) is 2. The Balaban J connectivity index is 0.00000169. The summed E-state index contributed by atoms with van der Waals surface area (Å²) >= 11 is 0. The molecule has 4 N–H and O–H groups in total. The molecule has 0 radical (unpaired) electrons. The van der Waals surface area contributed by atoms with E-state index in [4.69, 9.17) is 4.79 Å². The number of alkyl halides is 3. The van der Waals surface area contributed by atoms with Crippen molar-refractivity contribution in [3.63, 3.8) is 0 Å². The number of hydrogen-bond acceptors (Lipinski definition) is 5. The number of carbonyl (C=O) groups is 2. The van der Waals surface area contributed by atoms with Crippen LogP contribution in [0, 0.1) is 0 Å². The molecule has 0 heterocycles. The van der Waals surface area contributed by atoms with Crippen molar-refractivity contribution in [2.45, 2.75) is 33.4 Å². The maximum absolute atomic E-state index is 13.6. The van der Waals surface area contributed by atoms with Gasteiger partial charge in [-0.05, 0) is 79.5 Å². The Morgan fingerprint density at radius 2 is 1.75 bits per heavy atom. The zero-order chi connectivity index (χ0) is 32.4. The highest BCUT2D eigenvalue weighted by atomic mass is 19.4. The smallest absolute Gasteiger partial charge is 0.416 e. The minimum atomic E-state index is -4.51. The molecule has 44 heavy (non-hydrogen) atoms. The first kappa shape index (κ1) is 33.2. The number of carbonyl (C=O) groups excluding carboxylic acids is 1. The summed E-state index contributed by atoms with van der Waals surface area (Å²) in [6, 6.07) is 14.8. The predicted molar refractivity (Wildman–Crippen MR) is 169 cm³/mol. The molecule has 0 saturated carbocycles. The van der Waals surface area contributed by atoms with Crippen molar-refractivity contribution in [1.82, 2.24) is 0 Å². The summed E-state index contributed by atoms with van der Waals surface area (Å²) in [6.45, 7) is 8.81. The van der Waals surface area contributed by atoms with Gasteiger partial charge < -0.3 is 25.6 Å². The van der Waals surface area contributed by atoms with Gasteiger partial charge in [0.2, 0.25) is 0 Å². The fraction of sp³-hybridized carbons (Fsp3) is 0.143. The van der Waals surface area contributed by atoms with Crippen LogP contribution in [0.25, 0.3) is 16.7 Å². The number of benzene rings is 3. The van der Waals surface area contributed by atoms with Crippen molar-refractivity contribution in [1.29, 1.82) is 0 Å². The van der Waals surface area contributed by atoms with E-state index in [2.05, 4.69) is 17.2 Å². The molecule has 0 saturated heterocycles. The van der Waals surface area contributed by atoms with Gasteiger partial charge in [0.05, 0.1) is 16.8 Å². The van der Waals surface area contributed by atoms with E-state index in [-0.39, 0.29) is 11.3 Å². The van der Waals surface area contributed by atoms with Crippen molar-refractivity contribution in [3.8, 4) is 16.9 Å². The van der Waals surface area contributed by atoms with E-state index in [0.717, 1.165) is 35.3 Å². The lowest BCUT2D eigenvalue weighted by Gasteiger charge is -2.17. The third kappa shape index (κ3) is 8.38. The number of hydrogen-bond donors (Lipinski definition) is 4. The largest absolute Gasteiger partial charge is 0.505 e. The zero-order valence-electron chi connectivity index (χ0n) is 24.5. The molecular weight excluding hydrogens is 569 g/mol. The van der Waals surface area contributed by atoms with Gasteiger partial charge in [0.1, 0.15) is 12.0 Å². The van der Waals surface area contributed by atoms with Crippen LogP contribution in [0.4, 0.5) is 24.5 Å². The van der Waals surface area contributed by atoms with E-state index in [1.165, 1.54) is 25.1 Å². The summed E-state index contributed by atoms with van der Waals surface area (Å²) in [5.74, 6) is -1.17. The Morgan fingerprint density at radius 3 is 2.41 bits per heavy atom. The average molecular weight is 603 g/mol. The number of allylic oxidation sites excluding steroid dienone is 7. The molecule has 9 heteroatoms. The predicted octanol–water partition coefficient (Wildman–Crippen LogP) is 9.21. The molecule has 0 fully saturated rings. The summed E-state index contributed by atoms with van der Waals surface area (Å²) in [7, 11) is 0. The lowest BCUT2D eigenvalue weighted by atomic mass is 10.0. The van der Waals surface area contributed by atoms with Gasteiger partial charge >= 0.3 is 12.1 Å². The van der Waals surface area contributed by atoms with Crippen molar-refractivity contribution in [2.24, 2.45) is 0 Å². The van der Waals surface area contributed by atoms with Crippen LogP contribution >= 0.6 is 0 Å². The minimum Gasteiger partial charge on any atom is -0.505 e. The molecule has 0 bridgehead atoms. The molecule has 0 spiro atoms. The topological polar surface area (TPSA) is 98.7 Å². The van der Waals surface area contributed by atoms with Crippen molar-refractivity contribution >= 4 is 29.2 Å². The quantitative estimate of drug-likeness (QED) is 0.111. The van der Waals surface area contributed by atoms with Crippen LogP contribution in [0.5, 0.6) is 5.75 Å². The maximum atomic E-state index is 13.6. The highest BCUT2D eigenvalue weighted by Crippen LogP contribution is 2.38. The van der Waals surface area contributed by atoms with E-state index >= 15 is 0 Å². The molecule has 0 unspecified atom stereocenters. The fourth-order valence-corrected chi connectivity index (χ4v) is 4.52. The summed E-state index contributed by atoms with van der Waals surface area (Å²) in [5, 5.41) is 26.5. The van der Waals surface area contributed by atoms with Crippen molar-refractivity contribution < 1.29 is 33.0 Å². The van der Waals surface area contributed by atoms with E-state index in [0.29, 0.717) is 40.1 Å². The molecule has 3 aromatic carbocycles. The van der Waals surface area contributed by atoms with Gasteiger partial charge in [0, 0.05) is 35.1 Å². The summed E-state index contributed by atoms with van der Waals surface area (Å²) in [4.78, 5) is 20.2. The second-order valence-corrected chi connectivity index (χ2v) is 9.83. The number of aldehydes is 1. The van der Waals surface area contributed by atoms with Crippen LogP contribution in [-0.4, -0.2) is 22.5 Å². The fourth-order valence-electron chi connectivity index (χ4n) is 4.52.